The molecule has 6 nitrogen and oxygen atoms in total. The fraction of sp³-hybridized carbons (Fsp3) is 0.118. The highest BCUT2D eigenvalue weighted by Crippen LogP contribution is 2.40. The summed E-state index contributed by atoms with van der Waals surface area (Å²) in [7, 11) is -0.531. The molecule has 0 aromatic heterocycles. The van der Waals surface area contributed by atoms with Crippen LogP contribution < -0.4 is 13.9 Å². The highest BCUT2D eigenvalue weighted by atomic mass is 32.2. The third-order valence-electron chi connectivity index (χ3n) is 3.84. The third kappa shape index (κ3) is 2.85. The molecular formula is C17H17N3O3S. The van der Waals surface area contributed by atoms with Crippen LogP contribution in [0, 0.1) is 0 Å². The SMILES string of the molecule is CN1c2ccc(NC(=O)C=Cc3ccccc3)cc2N(C)S1(=O)=O. The predicted octanol–water partition coefficient (Wildman–Crippen LogP) is 2.47. The van der Waals surface area contributed by atoms with Crippen LogP contribution in [0.5, 0.6) is 0 Å². The fourth-order valence-corrected chi connectivity index (χ4v) is 3.64. The number of hydrogen-bond acceptors (Lipinski definition) is 3. The van der Waals surface area contributed by atoms with Crippen LogP contribution in [0.25, 0.3) is 6.08 Å². The molecule has 0 saturated heterocycles. The maximum atomic E-state index is 12.1. The van der Waals surface area contributed by atoms with Gasteiger partial charge in [0.1, 0.15) is 0 Å². The second-order valence-corrected chi connectivity index (χ2v) is 7.37. The lowest BCUT2D eigenvalue weighted by Gasteiger charge is -2.13. The summed E-state index contributed by atoms with van der Waals surface area (Å²) < 4.78 is 26.6. The lowest BCUT2D eigenvalue weighted by Crippen LogP contribution is -2.32. The first kappa shape index (κ1) is 16.1. The number of carbonyl (C=O) groups excluding carboxylic acids is 1. The molecule has 1 N–H and O–H groups in total. The van der Waals surface area contributed by atoms with Gasteiger partial charge in [0.25, 0.3) is 0 Å². The van der Waals surface area contributed by atoms with Crippen molar-refractivity contribution in [3.63, 3.8) is 0 Å². The van der Waals surface area contributed by atoms with Gasteiger partial charge < -0.3 is 5.32 Å². The molecular weight excluding hydrogens is 326 g/mol. The first-order chi connectivity index (χ1) is 11.4. The third-order valence-corrected chi connectivity index (χ3v) is 5.62. The topological polar surface area (TPSA) is 69.7 Å². The Bertz CT molecular complexity index is 908. The molecule has 1 aliphatic heterocycles. The fourth-order valence-electron chi connectivity index (χ4n) is 2.47. The van der Waals surface area contributed by atoms with Crippen LogP contribution in [0.3, 0.4) is 0 Å². The number of nitrogens with one attached hydrogen (secondary N) is 1. The van der Waals surface area contributed by atoms with Gasteiger partial charge in [0, 0.05) is 25.9 Å². The van der Waals surface area contributed by atoms with Crippen molar-refractivity contribution in [2.45, 2.75) is 0 Å². The van der Waals surface area contributed by atoms with Gasteiger partial charge in [-0.1, -0.05) is 30.3 Å². The Hall–Kier alpha value is -2.80. The lowest BCUT2D eigenvalue weighted by atomic mass is 10.2. The minimum absolute atomic E-state index is 0.282. The van der Waals surface area contributed by atoms with E-state index < -0.39 is 10.2 Å². The van der Waals surface area contributed by atoms with Gasteiger partial charge in [-0.05, 0) is 29.8 Å². The number of carbonyl (C=O) groups is 1. The summed E-state index contributed by atoms with van der Waals surface area (Å²) >= 11 is 0. The summed E-state index contributed by atoms with van der Waals surface area (Å²) in [5, 5.41) is 2.74. The van der Waals surface area contributed by atoms with E-state index in [1.54, 1.807) is 24.3 Å². The van der Waals surface area contributed by atoms with Gasteiger partial charge in [-0.15, -0.1) is 0 Å². The highest BCUT2D eigenvalue weighted by Gasteiger charge is 2.35. The van der Waals surface area contributed by atoms with E-state index >= 15 is 0 Å². The highest BCUT2D eigenvalue weighted by molar-refractivity contribution is 7.94. The average Bonchev–Trinajstić information content (AvgIpc) is 2.75. The number of fused-ring (bicyclic) bond motifs is 1. The molecule has 124 valence electrons. The van der Waals surface area contributed by atoms with E-state index in [2.05, 4.69) is 5.32 Å². The van der Waals surface area contributed by atoms with Gasteiger partial charge in [-0.2, -0.15) is 8.42 Å². The smallest absolute Gasteiger partial charge is 0.322 e. The number of benzene rings is 2. The molecule has 1 heterocycles. The van der Waals surface area contributed by atoms with Crippen LogP contribution >= 0.6 is 0 Å². The second-order valence-electron chi connectivity index (χ2n) is 5.38. The van der Waals surface area contributed by atoms with Crippen LogP contribution in [-0.2, 0) is 15.0 Å². The Morgan fingerprint density at radius 2 is 1.67 bits per heavy atom. The Labute approximate surface area is 141 Å². The van der Waals surface area contributed by atoms with Crippen molar-refractivity contribution in [1.29, 1.82) is 0 Å². The molecule has 24 heavy (non-hydrogen) atoms. The normalized spacial score (nSPS) is 15.6. The van der Waals surface area contributed by atoms with Crippen molar-refractivity contribution >= 4 is 39.3 Å². The molecule has 0 atom stereocenters. The molecule has 2 aromatic rings. The number of nitrogens with zero attached hydrogens (tertiary/aromatic N) is 2. The van der Waals surface area contributed by atoms with Crippen LogP contribution in [0.2, 0.25) is 0 Å². The quantitative estimate of drug-likeness (QED) is 0.871. The van der Waals surface area contributed by atoms with E-state index in [1.165, 1.54) is 28.8 Å². The van der Waals surface area contributed by atoms with Crippen molar-refractivity contribution < 1.29 is 13.2 Å². The molecule has 0 unspecified atom stereocenters. The Kier molecular flexibility index (Phi) is 4.02. The first-order valence-electron chi connectivity index (χ1n) is 7.30. The van der Waals surface area contributed by atoms with E-state index in [4.69, 9.17) is 0 Å². The largest absolute Gasteiger partial charge is 0.326 e. The lowest BCUT2D eigenvalue weighted by molar-refractivity contribution is -0.111. The molecule has 0 bridgehead atoms. The van der Waals surface area contributed by atoms with E-state index in [0.717, 1.165) is 5.56 Å². The Balaban J connectivity index is 1.77. The summed E-state index contributed by atoms with van der Waals surface area (Å²) in [5.41, 5.74) is 2.57. The molecule has 3 rings (SSSR count). The zero-order chi connectivity index (χ0) is 17.3. The van der Waals surface area contributed by atoms with Crippen molar-refractivity contribution in [3.05, 3.63) is 60.2 Å². The molecule has 1 aliphatic rings. The van der Waals surface area contributed by atoms with E-state index in [1.807, 2.05) is 30.3 Å². The van der Waals surface area contributed by atoms with Crippen molar-refractivity contribution in [2.75, 3.05) is 28.0 Å². The molecule has 0 spiro atoms. The second kappa shape index (κ2) is 6.01. The van der Waals surface area contributed by atoms with E-state index in [0.29, 0.717) is 17.1 Å². The number of anilines is 3. The van der Waals surface area contributed by atoms with Crippen LogP contribution in [0.1, 0.15) is 5.56 Å². The predicted molar refractivity (Wildman–Crippen MR) is 96.3 cm³/mol. The van der Waals surface area contributed by atoms with Crippen molar-refractivity contribution in [1.82, 2.24) is 0 Å². The monoisotopic (exact) mass is 343 g/mol. The zero-order valence-corrected chi connectivity index (χ0v) is 14.1. The maximum Gasteiger partial charge on any atom is 0.326 e. The maximum absolute atomic E-state index is 12.1. The minimum Gasteiger partial charge on any atom is -0.322 e. The number of amides is 1. The van der Waals surface area contributed by atoms with Crippen molar-refractivity contribution in [2.24, 2.45) is 0 Å². The summed E-state index contributed by atoms with van der Waals surface area (Å²) in [4.78, 5) is 12.0. The van der Waals surface area contributed by atoms with E-state index in [9.17, 15) is 13.2 Å². The van der Waals surface area contributed by atoms with Crippen molar-refractivity contribution in [3.8, 4) is 0 Å². The zero-order valence-electron chi connectivity index (χ0n) is 13.3. The molecule has 7 heteroatoms. The van der Waals surface area contributed by atoms with Gasteiger partial charge in [-0.3, -0.25) is 13.4 Å². The standard InChI is InChI=1S/C17H17N3O3S/c1-19-15-10-9-14(12-16(15)20(2)24(19,22)23)18-17(21)11-8-13-6-4-3-5-7-13/h3-12H,1-2H3,(H,18,21). The molecule has 2 aromatic carbocycles. The van der Waals surface area contributed by atoms with Gasteiger partial charge in [-0.25, -0.2) is 0 Å². The first-order valence-corrected chi connectivity index (χ1v) is 8.70. The van der Waals surface area contributed by atoms with Crippen LogP contribution in [0.15, 0.2) is 54.6 Å². The average molecular weight is 343 g/mol. The summed E-state index contributed by atoms with van der Waals surface area (Å²) in [6.45, 7) is 0. The van der Waals surface area contributed by atoms with Gasteiger partial charge >= 0.3 is 10.2 Å². The van der Waals surface area contributed by atoms with Gasteiger partial charge in [0.05, 0.1) is 11.4 Å². The molecule has 0 radical (unpaired) electrons. The number of rotatable bonds is 3. The molecule has 1 amide bonds. The number of hydrogen-bond donors (Lipinski definition) is 1. The van der Waals surface area contributed by atoms with Gasteiger partial charge in [0.15, 0.2) is 0 Å². The van der Waals surface area contributed by atoms with Gasteiger partial charge in [0.2, 0.25) is 5.91 Å². The minimum atomic E-state index is -3.51. The van der Waals surface area contributed by atoms with Crippen LogP contribution in [-0.4, -0.2) is 28.4 Å². The van der Waals surface area contributed by atoms with Crippen LogP contribution in [0.4, 0.5) is 17.1 Å². The summed E-state index contributed by atoms with van der Waals surface area (Å²) in [5.74, 6) is -0.282. The van der Waals surface area contributed by atoms with E-state index in [-0.39, 0.29) is 5.91 Å². The summed E-state index contributed by atoms with van der Waals surface area (Å²) in [6, 6.07) is 14.5. The Morgan fingerprint density at radius 1 is 1.00 bits per heavy atom. The summed E-state index contributed by atoms with van der Waals surface area (Å²) in [6.07, 6.45) is 3.15. The molecule has 0 saturated carbocycles. The molecule has 0 fully saturated rings. The molecule has 0 aliphatic carbocycles. The Morgan fingerprint density at radius 3 is 2.38 bits per heavy atom.